The third kappa shape index (κ3) is 5.17. The Kier molecular flexibility index (Phi) is 6.84. The van der Waals surface area contributed by atoms with Crippen LogP contribution in [0.3, 0.4) is 0 Å². The van der Waals surface area contributed by atoms with Crippen LogP contribution in [0.1, 0.15) is 24.2 Å². The van der Waals surface area contributed by atoms with E-state index in [2.05, 4.69) is 10.6 Å². The Morgan fingerprint density at radius 2 is 1.54 bits per heavy atom. The molecule has 0 spiro atoms. The number of carbonyl (C=O) groups is 3. The van der Waals surface area contributed by atoms with Gasteiger partial charge in [0.25, 0.3) is 17.7 Å². The zero-order chi connectivity index (χ0) is 25.1. The first-order chi connectivity index (χ1) is 16.7. The first-order valence-corrected chi connectivity index (χ1v) is 11.1. The number of imide groups is 1. The maximum absolute atomic E-state index is 14.1. The van der Waals surface area contributed by atoms with Crippen molar-refractivity contribution in [2.75, 3.05) is 15.5 Å². The lowest BCUT2D eigenvalue weighted by molar-refractivity contribution is -0.120. The van der Waals surface area contributed by atoms with Crippen molar-refractivity contribution in [1.29, 1.82) is 0 Å². The largest absolute Gasteiger partial charge is 0.491 e. The van der Waals surface area contributed by atoms with Gasteiger partial charge in [0, 0.05) is 16.9 Å². The summed E-state index contributed by atoms with van der Waals surface area (Å²) in [5, 5.41) is 5.23. The van der Waals surface area contributed by atoms with Crippen molar-refractivity contribution in [3.8, 4) is 5.75 Å². The number of rotatable bonds is 7. The minimum Gasteiger partial charge on any atom is -0.491 e. The second kappa shape index (κ2) is 9.99. The van der Waals surface area contributed by atoms with Crippen molar-refractivity contribution in [2.45, 2.75) is 20.0 Å². The van der Waals surface area contributed by atoms with E-state index in [1.165, 1.54) is 18.2 Å². The lowest BCUT2D eigenvalue weighted by Gasteiger charge is -2.15. The van der Waals surface area contributed by atoms with Crippen LogP contribution >= 0.6 is 11.6 Å². The second-order valence-corrected chi connectivity index (χ2v) is 8.31. The number of para-hydroxylation sites is 1. The standard InChI is InChI=1S/C26H21ClFN3O4/c1-15(2)35-19-13-11-18(12-14-19)30-24(32)16-7-9-17(10-8-16)29-23-22(27)25(33)31(26(23)34)21-6-4-3-5-20(21)28/h3-15,29H,1-2H3,(H,30,32). The fourth-order valence-electron chi connectivity index (χ4n) is 3.40. The molecule has 0 aromatic heterocycles. The van der Waals surface area contributed by atoms with E-state index < -0.39 is 17.6 Å². The Balaban J connectivity index is 1.43. The molecule has 4 rings (SSSR count). The van der Waals surface area contributed by atoms with Gasteiger partial charge >= 0.3 is 0 Å². The van der Waals surface area contributed by atoms with Crippen LogP contribution in [0.15, 0.2) is 83.5 Å². The fraction of sp³-hybridized carbons (Fsp3) is 0.115. The first-order valence-electron chi connectivity index (χ1n) is 10.7. The zero-order valence-electron chi connectivity index (χ0n) is 18.8. The summed E-state index contributed by atoms with van der Waals surface area (Å²) >= 11 is 6.09. The number of amides is 3. The number of hydrogen-bond donors (Lipinski definition) is 2. The summed E-state index contributed by atoms with van der Waals surface area (Å²) in [6, 6.07) is 18.7. The van der Waals surface area contributed by atoms with Crippen LogP contribution in [0.5, 0.6) is 5.75 Å². The Bertz CT molecular complexity index is 1320. The molecule has 35 heavy (non-hydrogen) atoms. The smallest absolute Gasteiger partial charge is 0.283 e. The van der Waals surface area contributed by atoms with Crippen molar-refractivity contribution < 1.29 is 23.5 Å². The van der Waals surface area contributed by atoms with Gasteiger partial charge in [-0.2, -0.15) is 0 Å². The van der Waals surface area contributed by atoms with E-state index in [-0.39, 0.29) is 28.4 Å². The highest BCUT2D eigenvalue weighted by Gasteiger charge is 2.40. The van der Waals surface area contributed by atoms with Crippen molar-refractivity contribution >= 4 is 46.4 Å². The van der Waals surface area contributed by atoms with Gasteiger partial charge < -0.3 is 15.4 Å². The van der Waals surface area contributed by atoms with Crippen molar-refractivity contribution in [3.05, 3.63) is 94.9 Å². The molecule has 2 N–H and O–H groups in total. The number of benzene rings is 3. The van der Waals surface area contributed by atoms with E-state index >= 15 is 0 Å². The Hall–Kier alpha value is -4.17. The van der Waals surface area contributed by atoms with Crippen molar-refractivity contribution in [1.82, 2.24) is 0 Å². The Labute approximate surface area is 206 Å². The molecule has 1 aliphatic rings. The molecule has 1 aliphatic heterocycles. The molecule has 0 fully saturated rings. The van der Waals surface area contributed by atoms with Crippen LogP contribution in [0.2, 0.25) is 0 Å². The van der Waals surface area contributed by atoms with Crippen molar-refractivity contribution in [3.63, 3.8) is 0 Å². The van der Waals surface area contributed by atoms with Gasteiger partial charge in [-0.05, 0) is 74.5 Å². The second-order valence-electron chi connectivity index (χ2n) is 7.93. The molecule has 0 saturated carbocycles. The van der Waals surface area contributed by atoms with Crippen LogP contribution in [0, 0.1) is 5.82 Å². The van der Waals surface area contributed by atoms with Gasteiger partial charge in [-0.1, -0.05) is 23.7 Å². The number of ether oxygens (including phenoxy) is 1. The van der Waals surface area contributed by atoms with Gasteiger partial charge in [-0.15, -0.1) is 0 Å². The summed E-state index contributed by atoms with van der Waals surface area (Å²) in [6.07, 6.45) is 0.0495. The molecule has 0 aliphatic carbocycles. The number of anilines is 3. The van der Waals surface area contributed by atoms with E-state index in [0.29, 0.717) is 27.6 Å². The number of nitrogens with one attached hydrogen (secondary N) is 2. The quantitative estimate of drug-likeness (QED) is 0.436. The van der Waals surface area contributed by atoms with Gasteiger partial charge in [0.2, 0.25) is 0 Å². The van der Waals surface area contributed by atoms with Crippen LogP contribution < -0.4 is 20.3 Å². The summed E-state index contributed by atoms with van der Waals surface area (Å²) < 4.78 is 19.7. The zero-order valence-corrected chi connectivity index (χ0v) is 19.6. The number of hydrogen-bond acceptors (Lipinski definition) is 5. The normalized spacial score (nSPS) is 13.5. The average molecular weight is 494 g/mol. The average Bonchev–Trinajstić information content (AvgIpc) is 3.04. The summed E-state index contributed by atoms with van der Waals surface area (Å²) in [6.45, 7) is 3.86. The van der Waals surface area contributed by atoms with Gasteiger partial charge in [0.15, 0.2) is 0 Å². The van der Waals surface area contributed by atoms with E-state index in [1.807, 2.05) is 13.8 Å². The maximum Gasteiger partial charge on any atom is 0.283 e. The van der Waals surface area contributed by atoms with Crippen molar-refractivity contribution in [2.24, 2.45) is 0 Å². The molecule has 9 heteroatoms. The third-order valence-electron chi connectivity index (χ3n) is 5.02. The van der Waals surface area contributed by atoms with Gasteiger partial charge in [-0.3, -0.25) is 14.4 Å². The lowest BCUT2D eigenvalue weighted by atomic mass is 10.2. The SMILES string of the molecule is CC(C)Oc1ccc(NC(=O)c2ccc(NC3=C(Cl)C(=O)N(c4ccccc4F)C3=O)cc2)cc1. The predicted octanol–water partition coefficient (Wildman–Crippen LogP) is 5.30. The topological polar surface area (TPSA) is 87.7 Å². The molecular formula is C26H21ClFN3O4. The minimum atomic E-state index is -0.829. The summed E-state index contributed by atoms with van der Waals surface area (Å²) in [5.41, 5.74) is 1.03. The molecule has 3 amide bonds. The van der Waals surface area contributed by atoms with Crippen LogP contribution in [0.25, 0.3) is 0 Å². The highest BCUT2D eigenvalue weighted by molar-refractivity contribution is 6.53. The Morgan fingerprint density at radius 1 is 0.914 bits per heavy atom. The maximum atomic E-state index is 14.1. The Morgan fingerprint density at radius 3 is 2.17 bits per heavy atom. The molecule has 0 unspecified atom stereocenters. The molecule has 0 bridgehead atoms. The van der Waals surface area contributed by atoms with E-state index in [1.54, 1.807) is 48.5 Å². The number of nitrogens with zero attached hydrogens (tertiary/aromatic N) is 1. The fourth-order valence-corrected chi connectivity index (χ4v) is 3.62. The van der Waals surface area contributed by atoms with Gasteiger partial charge in [-0.25, -0.2) is 9.29 Å². The van der Waals surface area contributed by atoms with Crippen LogP contribution in [0.4, 0.5) is 21.5 Å². The predicted molar refractivity (Wildman–Crippen MR) is 132 cm³/mol. The lowest BCUT2D eigenvalue weighted by Crippen LogP contribution is -2.33. The molecule has 1 heterocycles. The summed E-state index contributed by atoms with van der Waals surface area (Å²) in [5.74, 6) is -1.96. The van der Waals surface area contributed by atoms with Gasteiger partial charge in [0.1, 0.15) is 22.3 Å². The molecule has 0 atom stereocenters. The molecule has 178 valence electrons. The highest BCUT2D eigenvalue weighted by atomic mass is 35.5. The van der Waals surface area contributed by atoms with Gasteiger partial charge in [0.05, 0.1) is 11.8 Å². The monoisotopic (exact) mass is 493 g/mol. The molecule has 0 saturated heterocycles. The van der Waals surface area contributed by atoms with E-state index in [0.717, 1.165) is 6.07 Å². The van der Waals surface area contributed by atoms with E-state index in [4.69, 9.17) is 16.3 Å². The third-order valence-corrected chi connectivity index (χ3v) is 5.37. The summed E-state index contributed by atoms with van der Waals surface area (Å²) in [4.78, 5) is 38.6. The number of halogens is 2. The molecular weight excluding hydrogens is 473 g/mol. The molecule has 7 nitrogen and oxygen atoms in total. The molecule has 3 aromatic rings. The summed E-state index contributed by atoms with van der Waals surface area (Å²) in [7, 11) is 0. The van der Waals surface area contributed by atoms with E-state index in [9.17, 15) is 18.8 Å². The number of carbonyl (C=O) groups excluding carboxylic acids is 3. The molecule has 3 aromatic carbocycles. The minimum absolute atomic E-state index is 0.0495. The molecule has 0 radical (unpaired) electrons. The highest BCUT2D eigenvalue weighted by Crippen LogP contribution is 2.31. The van der Waals surface area contributed by atoms with Crippen LogP contribution in [-0.4, -0.2) is 23.8 Å². The van der Waals surface area contributed by atoms with Crippen LogP contribution in [-0.2, 0) is 9.59 Å². The first kappa shape index (κ1) is 24.0.